The lowest BCUT2D eigenvalue weighted by Crippen LogP contribution is -2.36. The molecule has 3 aromatic rings. The molecule has 4 rings (SSSR count). The number of benzene rings is 2. The zero-order valence-corrected chi connectivity index (χ0v) is 17.0. The van der Waals surface area contributed by atoms with Gasteiger partial charge in [0.25, 0.3) is 0 Å². The van der Waals surface area contributed by atoms with Gasteiger partial charge >= 0.3 is 0 Å². The van der Waals surface area contributed by atoms with Crippen molar-refractivity contribution < 1.29 is 4.79 Å². The molecule has 0 bridgehead atoms. The van der Waals surface area contributed by atoms with Crippen LogP contribution in [0.5, 0.6) is 0 Å². The molecule has 3 heteroatoms. The van der Waals surface area contributed by atoms with E-state index in [4.69, 9.17) is 0 Å². The summed E-state index contributed by atoms with van der Waals surface area (Å²) < 4.78 is 0. The summed E-state index contributed by atoms with van der Waals surface area (Å²) in [5.74, 6) is 0.157. The van der Waals surface area contributed by atoms with E-state index in [1.165, 1.54) is 11.1 Å². The van der Waals surface area contributed by atoms with Crippen LogP contribution in [0.2, 0.25) is 0 Å². The van der Waals surface area contributed by atoms with Crippen molar-refractivity contribution in [2.24, 2.45) is 0 Å². The van der Waals surface area contributed by atoms with Gasteiger partial charge in [-0.2, -0.15) is 0 Å². The maximum atomic E-state index is 12.9. The monoisotopic (exact) mass is 372 g/mol. The van der Waals surface area contributed by atoms with Gasteiger partial charge in [0.1, 0.15) is 0 Å². The van der Waals surface area contributed by atoms with E-state index in [-0.39, 0.29) is 16.7 Å². The van der Waals surface area contributed by atoms with E-state index in [1.807, 2.05) is 12.3 Å². The van der Waals surface area contributed by atoms with Crippen molar-refractivity contribution in [3.8, 4) is 0 Å². The van der Waals surface area contributed by atoms with Crippen LogP contribution in [0.25, 0.3) is 10.9 Å². The average Bonchev–Trinajstić information content (AvgIpc) is 3.50. The molecule has 28 heavy (non-hydrogen) atoms. The highest BCUT2D eigenvalue weighted by Crippen LogP contribution is 2.48. The van der Waals surface area contributed by atoms with Crippen LogP contribution >= 0.6 is 0 Å². The first-order valence-electron chi connectivity index (χ1n) is 10.1. The van der Waals surface area contributed by atoms with Crippen molar-refractivity contribution in [3.05, 3.63) is 77.5 Å². The number of carbonyl (C=O) groups is 1. The Morgan fingerprint density at radius 1 is 1.04 bits per heavy atom. The van der Waals surface area contributed by atoms with Crippen molar-refractivity contribution >= 4 is 16.8 Å². The van der Waals surface area contributed by atoms with E-state index >= 15 is 0 Å². The maximum absolute atomic E-state index is 12.9. The molecule has 1 fully saturated rings. The van der Waals surface area contributed by atoms with Crippen molar-refractivity contribution in [1.82, 2.24) is 10.3 Å². The van der Waals surface area contributed by atoms with Crippen molar-refractivity contribution in [3.63, 3.8) is 0 Å². The fourth-order valence-electron chi connectivity index (χ4n) is 3.91. The van der Waals surface area contributed by atoms with Crippen LogP contribution in [0.4, 0.5) is 0 Å². The van der Waals surface area contributed by atoms with E-state index in [0.717, 1.165) is 35.7 Å². The van der Waals surface area contributed by atoms with E-state index in [2.05, 4.69) is 79.6 Å². The third kappa shape index (κ3) is 3.54. The highest BCUT2D eigenvalue weighted by atomic mass is 16.2. The minimum absolute atomic E-state index is 0.129. The van der Waals surface area contributed by atoms with Crippen LogP contribution in [0, 0.1) is 0 Å². The third-order valence-corrected chi connectivity index (χ3v) is 5.88. The van der Waals surface area contributed by atoms with Crippen molar-refractivity contribution in [1.29, 1.82) is 0 Å². The Labute approximate surface area is 167 Å². The molecule has 0 radical (unpaired) electrons. The van der Waals surface area contributed by atoms with E-state index in [0.29, 0.717) is 6.54 Å². The summed E-state index contributed by atoms with van der Waals surface area (Å²) in [6, 6.07) is 18.9. The molecule has 1 N–H and O–H groups in total. The molecule has 144 valence electrons. The maximum Gasteiger partial charge on any atom is 0.230 e. The highest BCUT2D eigenvalue weighted by Gasteiger charge is 2.51. The van der Waals surface area contributed by atoms with Gasteiger partial charge in [0.05, 0.1) is 10.9 Å². The molecule has 0 saturated heterocycles. The Bertz CT molecular complexity index is 990. The summed E-state index contributed by atoms with van der Waals surface area (Å²) in [6.45, 7) is 7.27. The van der Waals surface area contributed by atoms with Crippen LogP contribution in [-0.4, -0.2) is 17.4 Å². The number of fused-ring (bicyclic) bond motifs is 1. The molecule has 1 heterocycles. The Morgan fingerprint density at radius 2 is 1.75 bits per heavy atom. The second-order valence-electron chi connectivity index (χ2n) is 8.91. The summed E-state index contributed by atoms with van der Waals surface area (Å²) >= 11 is 0. The van der Waals surface area contributed by atoms with Crippen LogP contribution in [0.1, 0.15) is 50.3 Å². The number of rotatable bonds is 5. The van der Waals surface area contributed by atoms with Gasteiger partial charge < -0.3 is 5.32 Å². The SMILES string of the molecule is CC(C)(C)c1ccc(C2(C(=O)NCCc3cccc4cccnc34)CC2)cc1. The first kappa shape index (κ1) is 18.7. The van der Waals surface area contributed by atoms with Gasteiger partial charge in [-0.25, -0.2) is 0 Å². The van der Waals surface area contributed by atoms with Gasteiger partial charge in [-0.3, -0.25) is 9.78 Å². The first-order valence-corrected chi connectivity index (χ1v) is 10.1. The zero-order valence-electron chi connectivity index (χ0n) is 17.0. The largest absolute Gasteiger partial charge is 0.355 e. The van der Waals surface area contributed by atoms with E-state index in [9.17, 15) is 4.79 Å². The number of nitrogens with one attached hydrogen (secondary N) is 1. The Hall–Kier alpha value is -2.68. The summed E-state index contributed by atoms with van der Waals surface area (Å²) in [5, 5.41) is 4.32. The van der Waals surface area contributed by atoms with Gasteiger partial charge in [0, 0.05) is 18.1 Å². The van der Waals surface area contributed by atoms with Gasteiger partial charge in [-0.15, -0.1) is 0 Å². The van der Waals surface area contributed by atoms with E-state index in [1.54, 1.807) is 0 Å². The number of nitrogens with zero attached hydrogens (tertiary/aromatic N) is 1. The number of aromatic nitrogens is 1. The lowest BCUT2D eigenvalue weighted by atomic mass is 9.85. The van der Waals surface area contributed by atoms with Gasteiger partial charge in [-0.1, -0.05) is 69.3 Å². The number of hydrogen-bond acceptors (Lipinski definition) is 2. The summed E-state index contributed by atoms with van der Waals surface area (Å²) in [7, 11) is 0. The summed E-state index contributed by atoms with van der Waals surface area (Å²) in [5.41, 5.74) is 4.45. The molecule has 1 amide bonds. The van der Waals surface area contributed by atoms with Crippen LogP contribution in [0.3, 0.4) is 0 Å². The number of hydrogen-bond donors (Lipinski definition) is 1. The van der Waals surface area contributed by atoms with Gasteiger partial charge in [-0.05, 0) is 47.4 Å². The van der Waals surface area contributed by atoms with Crippen LogP contribution in [0.15, 0.2) is 60.8 Å². The third-order valence-electron chi connectivity index (χ3n) is 5.88. The topological polar surface area (TPSA) is 42.0 Å². The molecule has 0 atom stereocenters. The standard InChI is InChI=1S/C25H28N2O/c1-24(2,3)20-9-11-21(12-10-20)25(14-15-25)23(28)27-17-13-19-7-4-6-18-8-5-16-26-22(18)19/h4-12,16H,13-15,17H2,1-3H3,(H,27,28). The fraction of sp³-hybridized carbons (Fsp3) is 0.360. The second-order valence-corrected chi connectivity index (χ2v) is 8.91. The summed E-state index contributed by atoms with van der Waals surface area (Å²) in [4.78, 5) is 17.4. The molecular formula is C25H28N2O. The molecule has 0 unspecified atom stereocenters. The van der Waals surface area contributed by atoms with Gasteiger partial charge in [0.15, 0.2) is 0 Å². The lowest BCUT2D eigenvalue weighted by molar-refractivity contribution is -0.123. The smallest absolute Gasteiger partial charge is 0.230 e. The molecule has 1 aromatic heterocycles. The highest BCUT2D eigenvalue weighted by molar-refractivity contribution is 5.91. The predicted octanol–water partition coefficient (Wildman–Crippen LogP) is 4.92. The molecule has 1 saturated carbocycles. The average molecular weight is 373 g/mol. The van der Waals surface area contributed by atoms with Crippen LogP contribution < -0.4 is 5.32 Å². The summed E-state index contributed by atoms with van der Waals surface area (Å²) in [6.07, 6.45) is 4.48. The van der Waals surface area contributed by atoms with Crippen molar-refractivity contribution in [2.45, 2.75) is 50.9 Å². The predicted molar refractivity (Wildman–Crippen MR) is 115 cm³/mol. The van der Waals surface area contributed by atoms with E-state index < -0.39 is 0 Å². The van der Waals surface area contributed by atoms with Crippen LogP contribution in [-0.2, 0) is 22.0 Å². The molecule has 0 aliphatic heterocycles. The minimum atomic E-state index is -0.326. The second kappa shape index (κ2) is 7.05. The number of amides is 1. The minimum Gasteiger partial charge on any atom is -0.355 e. The van der Waals surface area contributed by atoms with Gasteiger partial charge in [0.2, 0.25) is 5.91 Å². The molecule has 0 spiro atoms. The number of carbonyl (C=O) groups excluding carboxylic acids is 1. The molecule has 2 aromatic carbocycles. The molecule has 1 aliphatic rings. The number of para-hydroxylation sites is 1. The lowest BCUT2D eigenvalue weighted by Gasteiger charge is -2.21. The zero-order chi connectivity index (χ0) is 19.8. The fourth-order valence-corrected chi connectivity index (χ4v) is 3.91. The Morgan fingerprint density at radius 3 is 2.43 bits per heavy atom. The quantitative estimate of drug-likeness (QED) is 0.690. The molecule has 3 nitrogen and oxygen atoms in total. The molecular weight excluding hydrogens is 344 g/mol. The Kier molecular flexibility index (Phi) is 4.70. The Balaban J connectivity index is 1.42. The normalized spacial score (nSPS) is 15.4. The first-order chi connectivity index (χ1) is 13.4. The number of pyridine rings is 1. The molecule has 1 aliphatic carbocycles. The van der Waals surface area contributed by atoms with Crippen molar-refractivity contribution in [2.75, 3.05) is 6.54 Å².